The van der Waals surface area contributed by atoms with Gasteiger partial charge in [-0.1, -0.05) is 52.3 Å². The van der Waals surface area contributed by atoms with Gasteiger partial charge in [0.2, 0.25) is 5.89 Å². The van der Waals surface area contributed by atoms with Crippen LogP contribution in [0.15, 0.2) is 97.2 Å². The molecule has 0 saturated carbocycles. The molecule has 0 aliphatic rings. The van der Waals surface area contributed by atoms with Gasteiger partial charge in [0.15, 0.2) is 0 Å². The van der Waals surface area contributed by atoms with E-state index in [1.54, 1.807) is 4.68 Å². The van der Waals surface area contributed by atoms with Crippen LogP contribution in [0.4, 0.5) is 5.69 Å². The first-order valence-corrected chi connectivity index (χ1v) is 9.50. The predicted molar refractivity (Wildman–Crippen MR) is 108 cm³/mol. The number of halogens is 2. The van der Waals surface area contributed by atoms with Crippen molar-refractivity contribution in [1.29, 1.82) is 0 Å². The molecule has 0 aliphatic carbocycles. The van der Waals surface area contributed by atoms with Crippen LogP contribution in [-0.4, -0.2) is 9.78 Å². The van der Waals surface area contributed by atoms with Gasteiger partial charge >= 0.3 is 5.68 Å². The van der Waals surface area contributed by atoms with Crippen molar-refractivity contribution in [3.05, 3.63) is 93.5 Å². The molecule has 0 N–H and O–H groups in total. The zero-order valence-corrected chi connectivity index (χ0v) is 16.7. The Labute approximate surface area is 167 Å². The Morgan fingerprint density at radius 1 is 0.846 bits per heavy atom. The average Bonchev–Trinajstić information content (AvgIpc) is 3.07. The second-order valence-corrected chi connectivity index (χ2v) is 7.28. The van der Waals surface area contributed by atoms with E-state index >= 15 is 0 Å². The summed E-state index contributed by atoms with van der Waals surface area (Å²) in [5.74, 6) is 0.509. The largest absolute Gasteiger partial charge is 0.403 e. The summed E-state index contributed by atoms with van der Waals surface area (Å²) in [4.78, 5) is 4.63. The second kappa shape index (κ2) is 7.43. The molecule has 1 heterocycles. The predicted octanol–water partition coefficient (Wildman–Crippen LogP) is 5.89. The molecule has 0 unspecified atom stereocenters. The molecule has 0 saturated heterocycles. The summed E-state index contributed by atoms with van der Waals surface area (Å²) < 4.78 is 9.56. The van der Waals surface area contributed by atoms with Crippen LogP contribution in [0.3, 0.4) is 0 Å². The summed E-state index contributed by atoms with van der Waals surface area (Å²) in [5.41, 5.74) is 2.93. The molecule has 0 atom stereocenters. The van der Waals surface area contributed by atoms with Gasteiger partial charge in [0.25, 0.3) is 0 Å². The molecule has 0 spiro atoms. The molecule has 4 rings (SSSR count). The molecule has 4 aromatic rings. The summed E-state index contributed by atoms with van der Waals surface area (Å²) in [6.45, 7) is 0. The van der Waals surface area contributed by atoms with E-state index in [2.05, 4.69) is 42.0 Å². The van der Waals surface area contributed by atoms with Gasteiger partial charge in [-0.15, -0.1) is 5.10 Å². The van der Waals surface area contributed by atoms with Crippen molar-refractivity contribution in [3.8, 4) is 17.1 Å². The number of para-hydroxylation sites is 1. The van der Waals surface area contributed by atoms with Crippen LogP contribution in [0.25, 0.3) is 17.1 Å². The highest BCUT2D eigenvalue weighted by Gasteiger charge is 2.13. The van der Waals surface area contributed by atoms with Crippen molar-refractivity contribution in [2.24, 2.45) is 4.99 Å². The highest BCUT2D eigenvalue weighted by molar-refractivity contribution is 9.11. The number of nitrogens with zero attached hydrogens (tertiary/aromatic N) is 3. The van der Waals surface area contributed by atoms with E-state index in [4.69, 9.17) is 4.42 Å². The highest BCUT2D eigenvalue weighted by atomic mass is 79.9. The molecule has 1 aromatic heterocycles. The van der Waals surface area contributed by atoms with E-state index in [0.29, 0.717) is 11.6 Å². The topological polar surface area (TPSA) is 43.3 Å². The van der Waals surface area contributed by atoms with Crippen LogP contribution in [0, 0.1) is 0 Å². The van der Waals surface area contributed by atoms with Gasteiger partial charge in [-0.05, 0) is 58.4 Å². The zero-order chi connectivity index (χ0) is 17.9. The van der Waals surface area contributed by atoms with Crippen molar-refractivity contribution in [2.45, 2.75) is 0 Å². The number of aromatic nitrogens is 2. The molecule has 0 amide bonds. The highest BCUT2D eigenvalue weighted by Crippen LogP contribution is 2.25. The first kappa shape index (κ1) is 17.0. The van der Waals surface area contributed by atoms with Crippen molar-refractivity contribution >= 4 is 37.5 Å². The summed E-state index contributed by atoms with van der Waals surface area (Å²) in [6, 6.07) is 25.3. The average molecular weight is 471 g/mol. The maximum atomic E-state index is 6.00. The van der Waals surface area contributed by atoms with Crippen molar-refractivity contribution in [3.63, 3.8) is 0 Å². The van der Waals surface area contributed by atoms with Gasteiger partial charge < -0.3 is 4.42 Å². The second-order valence-electron chi connectivity index (χ2n) is 5.51. The lowest BCUT2D eigenvalue weighted by atomic mass is 10.2. The third-order valence-electron chi connectivity index (χ3n) is 3.70. The minimum absolute atomic E-state index is 0.401. The molecular weight excluding hydrogens is 458 g/mol. The Hall–Kier alpha value is -2.44. The van der Waals surface area contributed by atoms with E-state index in [-0.39, 0.29) is 0 Å². The summed E-state index contributed by atoms with van der Waals surface area (Å²) in [7, 11) is 0. The minimum Gasteiger partial charge on any atom is -0.403 e. The molecule has 26 heavy (non-hydrogen) atoms. The Bertz CT molecular complexity index is 1100. The Balaban J connectivity index is 1.94. The smallest absolute Gasteiger partial charge is 0.325 e. The fourth-order valence-corrected chi connectivity index (χ4v) is 3.69. The maximum absolute atomic E-state index is 6.00. The monoisotopic (exact) mass is 469 g/mol. The fourth-order valence-electron chi connectivity index (χ4n) is 2.47. The van der Waals surface area contributed by atoms with E-state index < -0.39 is 0 Å². The summed E-state index contributed by atoms with van der Waals surface area (Å²) in [5, 5.41) is 4.65. The van der Waals surface area contributed by atoms with E-state index in [1.165, 1.54) is 0 Å². The third-order valence-corrected chi connectivity index (χ3v) is 4.83. The Morgan fingerprint density at radius 2 is 1.54 bits per heavy atom. The van der Waals surface area contributed by atoms with Crippen molar-refractivity contribution in [2.75, 3.05) is 0 Å². The molecule has 3 aromatic carbocycles. The number of hydrogen-bond acceptors (Lipinski definition) is 3. The lowest BCUT2D eigenvalue weighted by Gasteiger charge is -2.03. The normalized spacial score (nSPS) is 11.7. The molecule has 128 valence electrons. The minimum atomic E-state index is 0.401. The molecule has 4 nitrogen and oxygen atoms in total. The van der Waals surface area contributed by atoms with Gasteiger partial charge in [0.1, 0.15) is 0 Å². The number of hydrogen-bond donors (Lipinski definition) is 0. The number of rotatable bonds is 3. The van der Waals surface area contributed by atoms with Crippen LogP contribution in [0.5, 0.6) is 0 Å². The molecule has 0 bridgehead atoms. The number of benzene rings is 3. The van der Waals surface area contributed by atoms with E-state index in [1.807, 2.05) is 78.9 Å². The van der Waals surface area contributed by atoms with Gasteiger partial charge in [0.05, 0.1) is 11.4 Å². The van der Waals surface area contributed by atoms with Gasteiger partial charge in [0, 0.05) is 14.5 Å². The molecule has 6 heteroatoms. The zero-order valence-electron chi connectivity index (χ0n) is 13.5. The van der Waals surface area contributed by atoms with Gasteiger partial charge in [-0.2, -0.15) is 9.67 Å². The quantitative estimate of drug-likeness (QED) is 0.374. The van der Waals surface area contributed by atoms with Crippen LogP contribution in [0.1, 0.15) is 0 Å². The first-order valence-electron chi connectivity index (χ1n) is 7.91. The molecule has 0 fully saturated rings. The van der Waals surface area contributed by atoms with Crippen LogP contribution in [0.2, 0.25) is 0 Å². The van der Waals surface area contributed by atoms with Crippen molar-refractivity contribution < 1.29 is 4.42 Å². The lowest BCUT2D eigenvalue weighted by molar-refractivity contribution is 0.499. The molecule has 0 radical (unpaired) electrons. The maximum Gasteiger partial charge on any atom is 0.325 e. The van der Waals surface area contributed by atoms with Crippen LogP contribution >= 0.6 is 31.9 Å². The first-order chi connectivity index (χ1) is 12.7. The van der Waals surface area contributed by atoms with Gasteiger partial charge in [-0.25, -0.2) is 0 Å². The van der Waals surface area contributed by atoms with E-state index in [9.17, 15) is 0 Å². The lowest BCUT2D eigenvalue weighted by Crippen LogP contribution is -2.15. The standard InChI is InChI=1S/C20H13Br2N3O/c21-15-11-12-18(17(22)13-15)25-20(23-16-9-5-2-6-10-16)26-19(24-25)14-7-3-1-4-8-14/h1-13H. The summed E-state index contributed by atoms with van der Waals surface area (Å²) in [6.07, 6.45) is 0. The fraction of sp³-hybridized carbons (Fsp3) is 0. The SMILES string of the molecule is Brc1ccc(-n2nc(-c3ccccc3)oc2=Nc2ccccc2)c(Br)c1. The Kier molecular flexibility index (Phi) is 4.86. The third kappa shape index (κ3) is 3.57. The van der Waals surface area contributed by atoms with Crippen LogP contribution in [-0.2, 0) is 0 Å². The molecular formula is C20H13Br2N3O. The van der Waals surface area contributed by atoms with Crippen molar-refractivity contribution in [1.82, 2.24) is 9.78 Å². The molecule has 0 aliphatic heterocycles. The van der Waals surface area contributed by atoms with E-state index in [0.717, 1.165) is 25.9 Å². The Morgan fingerprint density at radius 3 is 2.23 bits per heavy atom. The van der Waals surface area contributed by atoms with Gasteiger partial charge in [-0.3, -0.25) is 0 Å². The summed E-state index contributed by atoms with van der Waals surface area (Å²) >= 11 is 7.07. The van der Waals surface area contributed by atoms with Crippen LogP contribution < -0.4 is 5.68 Å².